The molecule has 0 atom stereocenters. The van der Waals surface area contributed by atoms with E-state index in [4.69, 9.17) is 9.84 Å². The van der Waals surface area contributed by atoms with Gasteiger partial charge in [0.2, 0.25) is 0 Å². The van der Waals surface area contributed by atoms with Gasteiger partial charge in [-0.1, -0.05) is 15.9 Å². The number of nitrogens with zero attached hydrogens (tertiary/aromatic N) is 1. The van der Waals surface area contributed by atoms with E-state index < -0.39 is 0 Å². The van der Waals surface area contributed by atoms with Gasteiger partial charge in [-0.25, -0.2) is 0 Å². The predicted molar refractivity (Wildman–Crippen MR) is 73.5 cm³/mol. The number of rotatable bonds is 4. The number of aliphatic hydroxyl groups is 1. The van der Waals surface area contributed by atoms with Crippen molar-refractivity contribution in [3.05, 3.63) is 26.7 Å². The minimum Gasteiger partial charge on any atom is -0.496 e. The molecule has 0 fully saturated rings. The summed E-state index contributed by atoms with van der Waals surface area (Å²) in [5.74, 6) is 0.920. The fourth-order valence-electron chi connectivity index (χ4n) is 1.93. The molecule has 17 heavy (non-hydrogen) atoms. The molecule has 1 rings (SSSR count). The second-order valence-corrected chi connectivity index (χ2v) is 5.15. The third-order valence-electron chi connectivity index (χ3n) is 3.16. The summed E-state index contributed by atoms with van der Waals surface area (Å²) in [6.07, 6.45) is 0. The highest BCUT2D eigenvalue weighted by molar-refractivity contribution is 9.10. The van der Waals surface area contributed by atoms with Crippen molar-refractivity contribution in [3.63, 3.8) is 0 Å². The Labute approximate surface area is 112 Å². The molecular weight excluding hydrogens is 282 g/mol. The lowest BCUT2D eigenvalue weighted by Crippen LogP contribution is -2.20. The summed E-state index contributed by atoms with van der Waals surface area (Å²) in [6, 6.07) is 0. The first-order valence-corrected chi connectivity index (χ1v) is 6.34. The van der Waals surface area contributed by atoms with Crippen LogP contribution in [0.15, 0.2) is 4.47 Å². The van der Waals surface area contributed by atoms with E-state index in [1.807, 2.05) is 11.9 Å². The van der Waals surface area contributed by atoms with E-state index in [0.29, 0.717) is 6.54 Å². The van der Waals surface area contributed by atoms with E-state index in [-0.39, 0.29) is 6.73 Å². The molecule has 0 amide bonds. The van der Waals surface area contributed by atoms with Crippen molar-refractivity contribution in [1.82, 2.24) is 4.90 Å². The predicted octanol–water partition coefficient (Wildman–Crippen LogP) is 2.76. The maximum Gasteiger partial charge on any atom is 0.126 e. The molecule has 3 nitrogen and oxygen atoms in total. The number of halogens is 1. The second kappa shape index (κ2) is 5.85. The Hall–Kier alpha value is -0.580. The lowest BCUT2D eigenvalue weighted by atomic mass is 9.98. The number of methoxy groups -OCH3 is 1. The molecule has 0 unspecified atom stereocenters. The molecular formula is C13H20BrNO2. The Kier molecular flexibility index (Phi) is 4.98. The maximum absolute atomic E-state index is 9.12. The third kappa shape index (κ3) is 2.81. The van der Waals surface area contributed by atoms with Gasteiger partial charge < -0.3 is 9.84 Å². The molecule has 0 aliphatic carbocycles. The fraction of sp³-hybridized carbons (Fsp3) is 0.538. The molecule has 0 aliphatic rings. The van der Waals surface area contributed by atoms with Gasteiger partial charge in [0.05, 0.1) is 13.8 Å². The largest absolute Gasteiger partial charge is 0.496 e. The summed E-state index contributed by atoms with van der Waals surface area (Å²) < 4.78 is 6.63. The van der Waals surface area contributed by atoms with E-state index in [1.54, 1.807) is 7.11 Å². The summed E-state index contributed by atoms with van der Waals surface area (Å²) in [5, 5.41) is 9.12. The van der Waals surface area contributed by atoms with Gasteiger partial charge in [0.25, 0.3) is 0 Å². The molecule has 0 bridgehead atoms. The van der Waals surface area contributed by atoms with Gasteiger partial charge in [0, 0.05) is 16.6 Å². The molecule has 0 radical (unpaired) electrons. The SMILES string of the molecule is COc1c(C)c(C)c(Br)c(C)c1CN(C)CO. The number of benzene rings is 1. The maximum atomic E-state index is 9.12. The van der Waals surface area contributed by atoms with Gasteiger partial charge in [-0.2, -0.15) is 0 Å². The van der Waals surface area contributed by atoms with Gasteiger partial charge >= 0.3 is 0 Å². The van der Waals surface area contributed by atoms with Crippen LogP contribution in [0, 0.1) is 20.8 Å². The van der Waals surface area contributed by atoms with Gasteiger partial charge in [-0.15, -0.1) is 0 Å². The normalized spacial score (nSPS) is 11.1. The molecule has 1 N–H and O–H groups in total. The zero-order valence-electron chi connectivity index (χ0n) is 11.1. The van der Waals surface area contributed by atoms with Crippen LogP contribution in [0.5, 0.6) is 5.75 Å². The third-order valence-corrected chi connectivity index (χ3v) is 4.35. The van der Waals surface area contributed by atoms with Crippen LogP contribution in [0.3, 0.4) is 0 Å². The van der Waals surface area contributed by atoms with E-state index in [1.165, 1.54) is 11.1 Å². The number of aliphatic hydroxyl groups excluding tert-OH is 1. The molecule has 4 heteroatoms. The number of hydrogen-bond acceptors (Lipinski definition) is 3. The second-order valence-electron chi connectivity index (χ2n) is 4.36. The van der Waals surface area contributed by atoms with Crippen molar-refractivity contribution in [3.8, 4) is 5.75 Å². The quantitative estimate of drug-likeness (QED) is 0.868. The van der Waals surface area contributed by atoms with Gasteiger partial charge in [-0.3, -0.25) is 4.90 Å². The van der Waals surface area contributed by atoms with E-state index in [2.05, 4.69) is 36.7 Å². The smallest absolute Gasteiger partial charge is 0.126 e. The van der Waals surface area contributed by atoms with Crippen LogP contribution in [0.1, 0.15) is 22.3 Å². The van der Waals surface area contributed by atoms with Gasteiger partial charge in [-0.05, 0) is 44.5 Å². The van der Waals surface area contributed by atoms with Crippen molar-refractivity contribution >= 4 is 15.9 Å². The standard InChI is InChI=1S/C13H20BrNO2/c1-8-9(2)13(17-5)11(6-15(4)7-16)10(3)12(8)14/h16H,6-7H2,1-5H3. The Morgan fingerprint density at radius 3 is 2.24 bits per heavy atom. The van der Waals surface area contributed by atoms with E-state index in [0.717, 1.165) is 21.3 Å². The lowest BCUT2D eigenvalue weighted by Gasteiger charge is -2.22. The highest BCUT2D eigenvalue weighted by Crippen LogP contribution is 2.36. The van der Waals surface area contributed by atoms with Gasteiger partial charge in [0.1, 0.15) is 5.75 Å². The molecule has 0 saturated heterocycles. The highest BCUT2D eigenvalue weighted by atomic mass is 79.9. The monoisotopic (exact) mass is 301 g/mol. The van der Waals surface area contributed by atoms with Crippen LogP contribution in [-0.2, 0) is 6.54 Å². The van der Waals surface area contributed by atoms with E-state index in [9.17, 15) is 0 Å². The van der Waals surface area contributed by atoms with Crippen LogP contribution in [0.25, 0.3) is 0 Å². The van der Waals surface area contributed by atoms with Crippen LogP contribution in [0.4, 0.5) is 0 Å². The number of ether oxygens (including phenoxy) is 1. The Morgan fingerprint density at radius 1 is 1.18 bits per heavy atom. The first-order chi connectivity index (χ1) is 7.93. The van der Waals surface area contributed by atoms with Crippen LogP contribution in [-0.4, -0.2) is 30.9 Å². The molecule has 1 aromatic carbocycles. The highest BCUT2D eigenvalue weighted by Gasteiger charge is 2.17. The molecule has 0 spiro atoms. The van der Waals surface area contributed by atoms with Crippen LogP contribution >= 0.6 is 15.9 Å². The summed E-state index contributed by atoms with van der Waals surface area (Å²) in [5.41, 5.74) is 4.64. The van der Waals surface area contributed by atoms with Crippen LogP contribution < -0.4 is 4.74 Å². The lowest BCUT2D eigenvalue weighted by molar-refractivity contribution is 0.126. The topological polar surface area (TPSA) is 32.7 Å². The molecule has 0 aliphatic heterocycles. The van der Waals surface area contributed by atoms with Crippen molar-refractivity contribution in [2.24, 2.45) is 0 Å². The molecule has 1 aromatic rings. The van der Waals surface area contributed by atoms with Crippen LogP contribution in [0.2, 0.25) is 0 Å². The zero-order valence-corrected chi connectivity index (χ0v) is 12.7. The fourth-order valence-corrected chi connectivity index (χ4v) is 2.47. The molecule has 0 saturated carbocycles. The van der Waals surface area contributed by atoms with Gasteiger partial charge in [0.15, 0.2) is 0 Å². The average Bonchev–Trinajstić information content (AvgIpc) is 2.33. The Morgan fingerprint density at radius 2 is 1.76 bits per heavy atom. The first kappa shape index (κ1) is 14.5. The average molecular weight is 302 g/mol. The molecule has 0 heterocycles. The zero-order chi connectivity index (χ0) is 13.2. The Balaban J connectivity index is 3.36. The van der Waals surface area contributed by atoms with Crippen molar-refractivity contribution in [2.45, 2.75) is 27.3 Å². The Bertz CT molecular complexity index is 419. The minimum atomic E-state index is 0.0349. The summed E-state index contributed by atoms with van der Waals surface area (Å²) in [7, 11) is 3.57. The van der Waals surface area contributed by atoms with E-state index >= 15 is 0 Å². The molecule has 0 aromatic heterocycles. The number of hydrogen-bond donors (Lipinski definition) is 1. The minimum absolute atomic E-state index is 0.0349. The summed E-state index contributed by atoms with van der Waals surface area (Å²) in [6.45, 7) is 6.91. The summed E-state index contributed by atoms with van der Waals surface area (Å²) in [4.78, 5) is 1.84. The van der Waals surface area contributed by atoms with Crippen molar-refractivity contribution in [2.75, 3.05) is 20.9 Å². The first-order valence-electron chi connectivity index (χ1n) is 5.55. The molecule has 96 valence electrons. The summed E-state index contributed by atoms with van der Waals surface area (Å²) >= 11 is 3.62. The van der Waals surface area contributed by atoms with Crippen molar-refractivity contribution < 1.29 is 9.84 Å². The van der Waals surface area contributed by atoms with Crippen molar-refractivity contribution in [1.29, 1.82) is 0 Å².